The molecular weight excluding hydrogens is 534 g/mol. The van der Waals surface area contributed by atoms with Gasteiger partial charge in [-0.15, -0.1) is 0 Å². The van der Waals surface area contributed by atoms with Crippen molar-refractivity contribution in [2.24, 2.45) is 0 Å². The maximum atomic E-state index is 13.0. The quantitative estimate of drug-likeness (QED) is 0.380. The molecule has 11 heteroatoms. The number of rotatable bonds is 6. The molecule has 10 nitrogen and oxygen atoms in total. The molecule has 1 saturated heterocycles. The number of fused-ring (bicyclic) bond motifs is 1. The van der Waals surface area contributed by atoms with Crippen LogP contribution in [-0.2, 0) is 15.9 Å². The van der Waals surface area contributed by atoms with Gasteiger partial charge in [0.1, 0.15) is 18.0 Å². The number of aromatic amines is 1. The maximum Gasteiger partial charge on any atom is 0.410 e. The normalized spacial score (nSPS) is 17.2. The third-order valence-corrected chi connectivity index (χ3v) is 7.24. The molecule has 3 aromatic rings. The van der Waals surface area contributed by atoms with Gasteiger partial charge in [-0.3, -0.25) is 14.7 Å². The monoisotopic (exact) mass is 567 g/mol. The molecule has 4 heterocycles. The summed E-state index contributed by atoms with van der Waals surface area (Å²) in [5, 5.41) is 7.01. The molecule has 2 aromatic heterocycles. The van der Waals surface area contributed by atoms with E-state index in [-0.39, 0.29) is 18.6 Å². The van der Waals surface area contributed by atoms with Crippen molar-refractivity contribution < 1.29 is 23.8 Å². The van der Waals surface area contributed by atoms with Crippen LogP contribution in [0.15, 0.2) is 36.7 Å². The van der Waals surface area contributed by atoms with E-state index in [2.05, 4.69) is 20.6 Å². The first-order chi connectivity index (χ1) is 19.1. The largest absolute Gasteiger partial charge is 0.489 e. The summed E-state index contributed by atoms with van der Waals surface area (Å²) in [7, 11) is 0. The third-order valence-electron chi connectivity index (χ3n) is 6.83. The first kappa shape index (κ1) is 27.8. The summed E-state index contributed by atoms with van der Waals surface area (Å²) in [6.07, 6.45) is 3.57. The molecule has 3 N–H and O–H groups in total. The molecule has 0 saturated carbocycles. The molecule has 2 aliphatic heterocycles. The van der Waals surface area contributed by atoms with E-state index in [0.29, 0.717) is 60.4 Å². The lowest BCUT2D eigenvalue weighted by Crippen LogP contribution is -2.52. The fourth-order valence-corrected chi connectivity index (χ4v) is 5.00. The van der Waals surface area contributed by atoms with E-state index in [0.717, 1.165) is 22.5 Å². The molecule has 1 atom stereocenters. The number of pyridine rings is 1. The lowest BCUT2D eigenvalue weighted by Gasteiger charge is -2.36. The first-order valence-corrected chi connectivity index (χ1v) is 13.7. The fourth-order valence-electron chi connectivity index (χ4n) is 4.83. The zero-order chi connectivity index (χ0) is 28.4. The van der Waals surface area contributed by atoms with Crippen LogP contribution in [0.1, 0.15) is 42.4 Å². The van der Waals surface area contributed by atoms with Crippen LogP contribution in [0.25, 0.3) is 11.3 Å². The van der Waals surface area contributed by atoms with E-state index in [9.17, 15) is 9.59 Å². The van der Waals surface area contributed by atoms with Crippen LogP contribution in [0.2, 0.25) is 5.02 Å². The van der Waals surface area contributed by atoms with E-state index in [1.807, 2.05) is 52.0 Å². The molecule has 2 aliphatic rings. The Morgan fingerprint density at radius 3 is 2.92 bits per heavy atom. The average molecular weight is 568 g/mol. The van der Waals surface area contributed by atoms with Crippen LogP contribution >= 0.6 is 11.6 Å². The van der Waals surface area contributed by atoms with Crippen molar-refractivity contribution in [3.05, 3.63) is 58.5 Å². The zero-order valence-corrected chi connectivity index (χ0v) is 23.9. The number of benzene rings is 1. The number of morpholine rings is 1. The Hall–Kier alpha value is -3.76. The van der Waals surface area contributed by atoms with Gasteiger partial charge in [0.15, 0.2) is 0 Å². The summed E-state index contributed by atoms with van der Waals surface area (Å²) in [4.78, 5) is 35.3. The van der Waals surface area contributed by atoms with Crippen LogP contribution in [0.4, 0.5) is 16.2 Å². The highest BCUT2D eigenvalue weighted by Gasteiger charge is 2.32. The van der Waals surface area contributed by atoms with Crippen molar-refractivity contribution >= 4 is 35.0 Å². The molecule has 40 heavy (non-hydrogen) atoms. The summed E-state index contributed by atoms with van der Waals surface area (Å²) in [5.74, 6) is 0.344. The number of amides is 2. The van der Waals surface area contributed by atoms with Crippen LogP contribution in [-0.4, -0.2) is 71.4 Å². The van der Waals surface area contributed by atoms with Gasteiger partial charge in [-0.2, -0.15) is 0 Å². The molecule has 2 amide bonds. The molecular formula is C29H34ClN5O5. The maximum absolute atomic E-state index is 13.0. The van der Waals surface area contributed by atoms with Gasteiger partial charge in [0.05, 0.1) is 42.4 Å². The Bertz CT molecular complexity index is 1420. The Morgan fingerprint density at radius 2 is 2.12 bits per heavy atom. The van der Waals surface area contributed by atoms with Gasteiger partial charge < -0.3 is 29.8 Å². The van der Waals surface area contributed by atoms with E-state index < -0.39 is 11.7 Å². The molecule has 0 aliphatic carbocycles. The predicted octanol–water partition coefficient (Wildman–Crippen LogP) is 5.08. The number of hydrogen-bond acceptors (Lipinski definition) is 7. The minimum atomic E-state index is -0.610. The second kappa shape index (κ2) is 11.4. The smallest absolute Gasteiger partial charge is 0.410 e. The van der Waals surface area contributed by atoms with Gasteiger partial charge in [-0.05, 0) is 51.5 Å². The molecule has 0 radical (unpaired) electrons. The summed E-state index contributed by atoms with van der Waals surface area (Å²) < 4.78 is 17.5. The van der Waals surface area contributed by atoms with Crippen molar-refractivity contribution in [2.45, 2.75) is 45.8 Å². The highest BCUT2D eigenvalue weighted by molar-refractivity contribution is 6.31. The van der Waals surface area contributed by atoms with Gasteiger partial charge in [-0.25, -0.2) is 4.79 Å². The van der Waals surface area contributed by atoms with E-state index in [1.165, 1.54) is 0 Å². The van der Waals surface area contributed by atoms with E-state index in [4.69, 9.17) is 25.8 Å². The summed E-state index contributed by atoms with van der Waals surface area (Å²) >= 11 is 6.39. The molecule has 0 bridgehead atoms. The lowest BCUT2D eigenvalue weighted by atomic mass is 10.0. The standard InChI is InChI=1S/C29H34ClN5O5/c1-17-20(30)6-5-7-21(17)33-26-24-22(9-11-32-27(24)36)34-25(26)19-8-10-31-14-23(19)39-16-18-15-38-13-12-35(18)28(37)40-29(2,3)4/h5-8,10,14,18,33-34H,9,11-13,15-16H2,1-4H3,(H,32,36)/t18-/m1/s1. The second-order valence-electron chi connectivity index (χ2n) is 10.9. The van der Waals surface area contributed by atoms with Gasteiger partial charge >= 0.3 is 6.09 Å². The van der Waals surface area contributed by atoms with Crippen LogP contribution < -0.4 is 15.4 Å². The summed E-state index contributed by atoms with van der Waals surface area (Å²) in [5.41, 5.74) is 4.49. The number of anilines is 2. The molecule has 1 aromatic carbocycles. The predicted molar refractivity (Wildman–Crippen MR) is 153 cm³/mol. The van der Waals surface area contributed by atoms with E-state index >= 15 is 0 Å². The van der Waals surface area contributed by atoms with Crippen molar-refractivity contribution in [1.82, 2.24) is 20.2 Å². The van der Waals surface area contributed by atoms with Crippen molar-refractivity contribution in [2.75, 3.05) is 38.2 Å². The summed E-state index contributed by atoms with van der Waals surface area (Å²) in [6, 6.07) is 7.10. The SMILES string of the molecule is Cc1c(Cl)cccc1Nc1c(-c2ccncc2OC[C@H]2COCCN2C(=O)OC(C)(C)C)[nH]c2c1C(=O)NCC2. The number of nitrogens with one attached hydrogen (secondary N) is 3. The third kappa shape index (κ3) is 5.88. The topological polar surface area (TPSA) is 118 Å². The summed E-state index contributed by atoms with van der Waals surface area (Å²) in [6.45, 7) is 9.33. The number of halogens is 1. The number of nitrogens with zero attached hydrogens (tertiary/aromatic N) is 2. The van der Waals surface area contributed by atoms with Gasteiger partial charge in [0, 0.05) is 47.7 Å². The number of aromatic nitrogens is 2. The van der Waals surface area contributed by atoms with Crippen molar-refractivity contribution in [1.29, 1.82) is 0 Å². The Morgan fingerprint density at radius 1 is 1.30 bits per heavy atom. The van der Waals surface area contributed by atoms with Gasteiger partial charge in [-0.1, -0.05) is 17.7 Å². The minimum absolute atomic E-state index is 0.158. The highest BCUT2D eigenvalue weighted by Crippen LogP contribution is 2.41. The highest BCUT2D eigenvalue weighted by atomic mass is 35.5. The minimum Gasteiger partial charge on any atom is -0.489 e. The second-order valence-corrected chi connectivity index (χ2v) is 11.3. The average Bonchev–Trinajstić information content (AvgIpc) is 3.28. The Kier molecular flexibility index (Phi) is 7.91. The van der Waals surface area contributed by atoms with E-state index in [1.54, 1.807) is 17.3 Å². The number of carbonyl (C=O) groups is 2. The number of H-pyrrole nitrogens is 1. The Balaban J connectivity index is 1.47. The van der Waals surface area contributed by atoms with Crippen molar-refractivity contribution in [3.8, 4) is 17.0 Å². The lowest BCUT2D eigenvalue weighted by molar-refractivity contribution is -0.0418. The fraction of sp³-hybridized carbons (Fsp3) is 0.414. The first-order valence-electron chi connectivity index (χ1n) is 13.3. The van der Waals surface area contributed by atoms with Gasteiger partial charge in [0.2, 0.25) is 0 Å². The molecule has 212 valence electrons. The van der Waals surface area contributed by atoms with Crippen LogP contribution in [0.3, 0.4) is 0 Å². The molecule has 0 spiro atoms. The number of carbonyl (C=O) groups excluding carboxylic acids is 2. The van der Waals surface area contributed by atoms with Crippen molar-refractivity contribution in [3.63, 3.8) is 0 Å². The number of hydrogen-bond donors (Lipinski definition) is 3. The number of ether oxygens (including phenoxy) is 3. The molecule has 0 unspecified atom stereocenters. The van der Waals surface area contributed by atoms with Crippen LogP contribution in [0, 0.1) is 6.92 Å². The zero-order valence-electron chi connectivity index (χ0n) is 23.1. The van der Waals surface area contributed by atoms with Crippen LogP contribution in [0.5, 0.6) is 5.75 Å². The molecule has 5 rings (SSSR count). The Labute approximate surface area is 238 Å². The van der Waals surface area contributed by atoms with Gasteiger partial charge in [0.25, 0.3) is 5.91 Å². The molecule has 1 fully saturated rings.